The Morgan fingerprint density at radius 1 is 1.42 bits per heavy atom. The van der Waals surface area contributed by atoms with Crippen molar-refractivity contribution in [2.24, 2.45) is 0 Å². The molecule has 0 fully saturated rings. The van der Waals surface area contributed by atoms with Gasteiger partial charge in [-0.05, 0) is 32.0 Å². The predicted molar refractivity (Wildman–Crippen MR) is 68.5 cm³/mol. The molecule has 1 aromatic carbocycles. The molecule has 0 aliphatic carbocycles. The lowest BCUT2D eigenvalue weighted by Crippen LogP contribution is -2.44. The molecule has 1 unspecified atom stereocenters. The summed E-state index contributed by atoms with van der Waals surface area (Å²) in [7, 11) is 2.56. The molecule has 0 saturated heterocycles. The van der Waals surface area contributed by atoms with Crippen LogP contribution >= 0.6 is 0 Å². The lowest BCUT2D eigenvalue weighted by Gasteiger charge is -2.31. The minimum absolute atomic E-state index is 0.141. The van der Waals surface area contributed by atoms with Gasteiger partial charge >= 0.3 is 5.97 Å². The van der Waals surface area contributed by atoms with E-state index in [1.165, 1.54) is 26.4 Å². The van der Waals surface area contributed by atoms with Gasteiger partial charge in [0.25, 0.3) is 0 Å². The zero-order chi connectivity index (χ0) is 14.6. The molecule has 1 atom stereocenters. The summed E-state index contributed by atoms with van der Waals surface area (Å²) in [5.41, 5.74) is -0.530. The third-order valence-corrected chi connectivity index (χ3v) is 2.68. The molecular formula is C13H18FNO4. The van der Waals surface area contributed by atoms with Crippen LogP contribution in [0, 0.1) is 5.82 Å². The largest absolute Gasteiger partial charge is 0.465 e. The lowest BCUT2D eigenvalue weighted by molar-refractivity contribution is -0.107. The second-order valence-corrected chi connectivity index (χ2v) is 4.62. The van der Waals surface area contributed by atoms with Crippen molar-refractivity contribution in [2.45, 2.75) is 25.7 Å². The summed E-state index contributed by atoms with van der Waals surface area (Å²) in [6, 6.07) is 4.01. The van der Waals surface area contributed by atoms with E-state index in [-0.39, 0.29) is 5.56 Å². The summed E-state index contributed by atoms with van der Waals surface area (Å²) in [5.74, 6) is -1.43. The maximum absolute atomic E-state index is 13.7. The molecule has 0 bridgehead atoms. The first kappa shape index (κ1) is 15.4. The van der Waals surface area contributed by atoms with E-state index in [2.05, 4.69) is 10.1 Å². The smallest absolute Gasteiger partial charge is 0.340 e. The fraction of sp³-hybridized carbons (Fsp3) is 0.462. The molecule has 1 rings (SSSR count). The van der Waals surface area contributed by atoms with Gasteiger partial charge in [0.2, 0.25) is 0 Å². The van der Waals surface area contributed by atoms with Gasteiger partial charge in [0, 0.05) is 12.8 Å². The van der Waals surface area contributed by atoms with Gasteiger partial charge in [-0.15, -0.1) is 0 Å². The van der Waals surface area contributed by atoms with Crippen LogP contribution in [0.1, 0.15) is 24.2 Å². The van der Waals surface area contributed by atoms with E-state index in [1.54, 1.807) is 13.8 Å². The highest BCUT2D eigenvalue weighted by atomic mass is 19.1. The minimum Gasteiger partial charge on any atom is -0.465 e. The van der Waals surface area contributed by atoms with Gasteiger partial charge in [-0.3, -0.25) is 0 Å². The fourth-order valence-electron chi connectivity index (χ4n) is 1.60. The Morgan fingerprint density at radius 3 is 2.53 bits per heavy atom. The van der Waals surface area contributed by atoms with Crippen LogP contribution in [0.4, 0.5) is 10.1 Å². The van der Waals surface area contributed by atoms with E-state index in [0.29, 0.717) is 5.69 Å². The van der Waals surface area contributed by atoms with Gasteiger partial charge in [0.05, 0.1) is 18.2 Å². The Balaban J connectivity index is 2.93. The number of hydrogen-bond acceptors (Lipinski definition) is 5. The van der Waals surface area contributed by atoms with E-state index >= 15 is 0 Å². The number of nitrogens with one attached hydrogen (secondary N) is 1. The number of methoxy groups -OCH3 is 2. The molecule has 0 aliphatic rings. The van der Waals surface area contributed by atoms with Crippen molar-refractivity contribution in [3.05, 3.63) is 29.6 Å². The summed E-state index contributed by atoms with van der Waals surface area (Å²) < 4.78 is 23.0. The SMILES string of the molecule is COC(=O)c1ccc(NC(C)(C)C(O)OC)cc1F. The maximum atomic E-state index is 13.7. The molecule has 106 valence electrons. The van der Waals surface area contributed by atoms with Gasteiger partial charge < -0.3 is 19.9 Å². The molecule has 19 heavy (non-hydrogen) atoms. The number of benzene rings is 1. The van der Waals surface area contributed by atoms with Gasteiger partial charge in [0.1, 0.15) is 5.82 Å². The molecule has 0 saturated carbocycles. The van der Waals surface area contributed by atoms with E-state index in [1.807, 2.05) is 0 Å². The molecule has 2 N–H and O–H groups in total. The third kappa shape index (κ3) is 3.65. The predicted octanol–water partition coefficient (Wildman–Crippen LogP) is 1.77. The van der Waals surface area contributed by atoms with Crippen LogP contribution in [0.5, 0.6) is 0 Å². The van der Waals surface area contributed by atoms with Crippen molar-refractivity contribution in [3.8, 4) is 0 Å². The maximum Gasteiger partial charge on any atom is 0.340 e. The van der Waals surface area contributed by atoms with E-state index in [9.17, 15) is 14.3 Å². The zero-order valence-corrected chi connectivity index (χ0v) is 11.4. The van der Waals surface area contributed by atoms with Gasteiger partial charge in [-0.2, -0.15) is 0 Å². The van der Waals surface area contributed by atoms with Gasteiger partial charge in [-0.25, -0.2) is 9.18 Å². The Labute approximate surface area is 111 Å². The Morgan fingerprint density at radius 2 is 2.05 bits per heavy atom. The number of anilines is 1. The number of ether oxygens (including phenoxy) is 2. The molecule has 0 amide bonds. The van der Waals surface area contributed by atoms with Crippen LogP contribution in [0.2, 0.25) is 0 Å². The number of halogens is 1. The van der Waals surface area contributed by atoms with Crippen molar-refractivity contribution >= 4 is 11.7 Å². The Bertz CT molecular complexity index is 462. The van der Waals surface area contributed by atoms with Crippen molar-refractivity contribution < 1.29 is 23.8 Å². The number of carbonyl (C=O) groups is 1. The minimum atomic E-state index is -1.06. The highest BCUT2D eigenvalue weighted by Gasteiger charge is 2.28. The van der Waals surface area contributed by atoms with E-state index in [0.717, 1.165) is 6.07 Å². The van der Waals surface area contributed by atoms with Crippen molar-refractivity contribution in [1.82, 2.24) is 0 Å². The third-order valence-electron chi connectivity index (χ3n) is 2.68. The molecule has 5 nitrogen and oxygen atoms in total. The molecule has 0 aliphatic heterocycles. The lowest BCUT2D eigenvalue weighted by atomic mass is 10.0. The van der Waals surface area contributed by atoms with Gasteiger partial charge in [0.15, 0.2) is 6.29 Å². The summed E-state index contributed by atoms with van der Waals surface area (Å²) in [5, 5.41) is 12.6. The molecule has 0 aromatic heterocycles. The normalized spacial score (nSPS) is 12.9. The number of aliphatic hydroxyl groups excluding tert-OH is 1. The van der Waals surface area contributed by atoms with Crippen LogP contribution < -0.4 is 5.32 Å². The van der Waals surface area contributed by atoms with Crippen molar-refractivity contribution in [3.63, 3.8) is 0 Å². The molecular weight excluding hydrogens is 253 g/mol. The number of hydrogen-bond donors (Lipinski definition) is 2. The molecule has 0 heterocycles. The number of rotatable bonds is 5. The molecule has 0 radical (unpaired) electrons. The first-order chi connectivity index (χ1) is 8.81. The Hall–Kier alpha value is -1.66. The molecule has 6 heteroatoms. The quantitative estimate of drug-likeness (QED) is 0.631. The summed E-state index contributed by atoms with van der Waals surface area (Å²) >= 11 is 0. The van der Waals surface area contributed by atoms with E-state index < -0.39 is 23.6 Å². The average molecular weight is 271 g/mol. The summed E-state index contributed by atoms with van der Waals surface area (Å²) in [6.45, 7) is 3.40. The standard InChI is InChI=1S/C13H18FNO4/c1-13(2,12(17)19-4)15-8-5-6-9(10(14)7-8)11(16)18-3/h5-7,12,15,17H,1-4H3. The highest BCUT2D eigenvalue weighted by Crippen LogP contribution is 2.21. The van der Waals surface area contributed by atoms with E-state index in [4.69, 9.17) is 4.74 Å². The number of aliphatic hydroxyl groups is 1. The van der Waals surface area contributed by atoms with Crippen molar-refractivity contribution in [2.75, 3.05) is 19.5 Å². The fourth-order valence-corrected chi connectivity index (χ4v) is 1.60. The van der Waals surface area contributed by atoms with Crippen LogP contribution in [0.3, 0.4) is 0 Å². The highest BCUT2D eigenvalue weighted by molar-refractivity contribution is 5.90. The monoisotopic (exact) mass is 271 g/mol. The summed E-state index contributed by atoms with van der Waals surface area (Å²) in [6.07, 6.45) is -1.06. The van der Waals surface area contributed by atoms with Gasteiger partial charge in [-0.1, -0.05) is 0 Å². The molecule has 0 spiro atoms. The average Bonchev–Trinajstić information content (AvgIpc) is 2.36. The second-order valence-electron chi connectivity index (χ2n) is 4.62. The van der Waals surface area contributed by atoms with Crippen LogP contribution in [0.15, 0.2) is 18.2 Å². The van der Waals surface area contributed by atoms with Crippen LogP contribution in [0.25, 0.3) is 0 Å². The zero-order valence-electron chi connectivity index (χ0n) is 11.4. The Kier molecular flexibility index (Phi) is 4.85. The molecule has 1 aromatic rings. The van der Waals surface area contributed by atoms with Crippen molar-refractivity contribution in [1.29, 1.82) is 0 Å². The number of esters is 1. The van der Waals surface area contributed by atoms with Crippen LogP contribution in [-0.2, 0) is 9.47 Å². The number of carbonyl (C=O) groups excluding carboxylic acids is 1. The summed E-state index contributed by atoms with van der Waals surface area (Å²) in [4.78, 5) is 11.2. The first-order valence-electron chi connectivity index (χ1n) is 5.68. The first-order valence-corrected chi connectivity index (χ1v) is 5.68. The van der Waals surface area contributed by atoms with Crippen LogP contribution in [-0.4, -0.2) is 37.1 Å². The topological polar surface area (TPSA) is 67.8 Å². The second kappa shape index (κ2) is 5.99.